The number of anilines is 1. The molecule has 0 amide bonds. The average molecular weight is 484 g/mol. The minimum atomic E-state index is -2.80. The lowest BCUT2D eigenvalue weighted by atomic mass is 9.88. The van der Waals surface area contributed by atoms with E-state index in [-0.39, 0.29) is 22.5 Å². The van der Waals surface area contributed by atoms with E-state index in [4.69, 9.17) is 11.6 Å². The van der Waals surface area contributed by atoms with Crippen molar-refractivity contribution in [1.82, 2.24) is 9.55 Å². The smallest absolute Gasteiger partial charge is 0.345 e. The lowest BCUT2D eigenvalue weighted by Gasteiger charge is -2.41. The van der Waals surface area contributed by atoms with E-state index in [2.05, 4.69) is 9.72 Å². The highest BCUT2D eigenvalue weighted by molar-refractivity contribution is 7.99. The normalized spacial score (nSPS) is 18.3. The summed E-state index contributed by atoms with van der Waals surface area (Å²) < 4.78 is 30.8. The first kappa shape index (κ1) is 22.8. The molecule has 11 heteroatoms. The number of ether oxygens (including phenoxy) is 1. The molecule has 1 saturated carbocycles. The van der Waals surface area contributed by atoms with Crippen molar-refractivity contribution in [3.05, 3.63) is 39.5 Å². The van der Waals surface area contributed by atoms with Crippen LogP contribution in [0.4, 0.5) is 14.6 Å². The Morgan fingerprint density at radius 1 is 1.34 bits per heavy atom. The zero-order valence-corrected chi connectivity index (χ0v) is 18.8. The van der Waals surface area contributed by atoms with Crippen molar-refractivity contribution < 1.29 is 23.4 Å². The second-order valence-electron chi connectivity index (χ2n) is 7.58. The van der Waals surface area contributed by atoms with Gasteiger partial charge in [-0.2, -0.15) is 8.78 Å². The van der Waals surface area contributed by atoms with Crippen molar-refractivity contribution in [3.8, 4) is 0 Å². The van der Waals surface area contributed by atoms with E-state index in [1.54, 1.807) is 37.6 Å². The molecule has 1 aliphatic carbocycles. The fraction of sp³-hybridized carbons (Fsp3) is 0.381. The summed E-state index contributed by atoms with van der Waals surface area (Å²) in [5.41, 5.74) is 0.386. The molecule has 1 aliphatic rings. The lowest BCUT2D eigenvalue weighted by Crippen LogP contribution is -2.47. The second-order valence-corrected chi connectivity index (χ2v) is 8.81. The maximum atomic E-state index is 13.2. The van der Waals surface area contributed by atoms with Crippen LogP contribution in [-0.2, 0) is 16.1 Å². The third kappa shape index (κ3) is 4.02. The van der Waals surface area contributed by atoms with Crippen molar-refractivity contribution in [3.63, 3.8) is 0 Å². The predicted molar refractivity (Wildman–Crippen MR) is 120 cm³/mol. The fourth-order valence-corrected chi connectivity index (χ4v) is 5.11. The van der Waals surface area contributed by atoms with Gasteiger partial charge < -0.3 is 19.3 Å². The minimum Gasteiger partial charge on any atom is -0.480 e. The molecule has 0 atom stereocenters. The molecule has 0 spiro atoms. The number of thioether (sulfide) groups is 1. The molecule has 0 bridgehead atoms. The Bertz CT molecular complexity index is 1260. The predicted octanol–water partition coefficient (Wildman–Crippen LogP) is 4.22. The average Bonchev–Trinajstić information content (AvgIpc) is 2.72. The standard InChI is InChI=1S/C21H20ClF2N3O4S/c1-26(10-7-11(8-10)31-21(23)24)15-6-4-13-18(30)12-3-5-14(22)19(32-2)17(12)27(9-16(28)29)20(13)25-15/h3-6,10-11,21H,7-9H2,1-2H3,(H,28,29). The molecule has 0 unspecified atom stereocenters. The highest BCUT2D eigenvalue weighted by Crippen LogP contribution is 2.35. The van der Waals surface area contributed by atoms with Crippen LogP contribution in [0.2, 0.25) is 5.02 Å². The Morgan fingerprint density at radius 2 is 2.03 bits per heavy atom. The van der Waals surface area contributed by atoms with Crippen LogP contribution in [0.3, 0.4) is 0 Å². The number of nitrogens with zero attached hydrogens (tertiary/aromatic N) is 3. The maximum absolute atomic E-state index is 13.2. The molecule has 3 aromatic rings. The molecule has 0 saturated heterocycles. The molecule has 1 fully saturated rings. The summed E-state index contributed by atoms with van der Waals surface area (Å²) in [6.07, 6.45) is 2.13. The van der Waals surface area contributed by atoms with Crippen LogP contribution in [0.15, 0.2) is 34.0 Å². The van der Waals surface area contributed by atoms with Crippen molar-refractivity contribution in [1.29, 1.82) is 0 Å². The van der Waals surface area contributed by atoms with Crippen LogP contribution < -0.4 is 10.3 Å². The van der Waals surface area contributed by atoms with Gasteiger partial charge in [-0.3, -0.25) is 9.59 Å². The Balaban J connectivity index is 1.85. The van der Waals surface area contributed by atoms with Crippen LogP contribution >= 0.6 is 23.4 Å². The first-order valence-electron chi connectivity index (χ1n) is 9.79. The van der Waals surface area contributed by atoms with Gasteiger partial charge in [0.25, 0.3) is 0 Å². The molecule has 32 heavy (non-hydrogen) atoms. The van der Waals surface area contributed by atoms with Gasteiger partial charge in [-0.05, 0) is 43.4 Å². The molecule has 7 nitrogen and oxygen atoms in total. The van der Waals surface area contributed by atoms with Gasteiger partial charge in [-0.15, -0.1) is 11.8 Å². The topological polar surface area (TPSA) is 84.7 Å². The zero-order chi connectivity index (χ0) is 23.2. The summed E-state index contributed by atoms with van der Waals surface area (Å²) in [6, 6.07) is 6.45. The van der Waals surface area contributed by atoms with E-state index in [1.807, 2.05) is 4.90 Å². The van der Waals surface area contributed by atoms with Gasteiger partial charge in [0.2, 0.25) is 0 Å². The van der Waals surface area contributed by atoms with Gasteiger partial charge in [0.05, 0.1) is 26.9 Å². The number of benzene rings is 1. The van der Waals surface area contributed by atoms with E-state index < -0.39 is 25.2 Å². The molecular weight excluding hydrogens is 464 g/mol. The van der Waals surface area contributed by atoms with Gasteiger partial charge in [0, 0.05) is 18.5 Å². The number of rotatable bonds is 7. The lowest BCUT2D eigenvalue weighted by molar-refractivity contribution is -0.183. The Hall–Kier alpha value is -2.43. The summed E-state index contributed by atoms with van der Waals surface area (Å²) >= 11 is 7.66. The first-order valence-corrected chi connectivity index (χ1v) is 11.4. The van der Waals surface area contributed by atoms with Crippen LogP contribution in [-0.4, -0.2) is 52.7 Å². The van der Waals surface area contributed by atoms with Gasteiger partial charge in [-0.1, -0.05) is 11.6 Å². The number of hydrogen-bond donors (Lipinski definition) is 1. The van der Waals surface area contributed by atoms with Crippen LogP contribution in [0.1, 0.15) is 12.8 Å². The number of carbonyl (C=O) groups is 1. The third-order valence-electron chi connectivity index (χ3n) is 5.73. The number of fused-ring (bicyclic) bond motifs is 2. The number of hydrogen-bond acceptors (Lipinski definition) is 6. The quantitative estimate of drug-likeness (QED) is 0.398. The van der Waals surface area contributed by atoms with E-state index in [0.29, 0.717) is 39.5 Å². The first-order chi connectivity index (χ1) is 15.2. The molecule has 1 N–H and O–H groups in total. The van der Waals surface area contributed by atoms with E-state index in [9.17, 15) is 23.5 Å². The number of carboxylic acids is 1. The molecule has 1 aromatic carbocycles. The molecule has 170 valence electrons. The molecule has 0 radical (unpaired) electrons. The minimum absolute atomic E-state index is 0.0556. The van der Waals surface area contributed by atoms with Crippen LogP contribution in [0.25, 0.3) is 21.9 Å². The van der Waals surface area contributed by atoms with E-state index >= 15 is 0 Å². The van der Waals surface area contributed by atoms with E-state index in [0.717, 1.165) is 0 Å². The van der Waals surface area contributed by atoms with Crippen LogP contribution in [0, 0.1) is 0 Å². The summed E-state index contributed by atoms with van der Waals surface area (Å²) in [5, 5.41) is 10.6. The third-order valence-corrected chi connectivity index (χ3v) is 6.98. The zero-order valence-electron chi connectivity index (χ0n) is 17.2. The van der Waals surface area contributed by atoms with Gasteiger partial charge in [0.1, 0.15) is 18.0 Å². The SMILES string of the molecule is CSc1c(Cl)ccc2c(=O)c3ccc(N(C)C4CC(OC(F)F)C4)nc3n(CC(=O)O)c12. The largest absolute Gasteiger partial charge is 0.480 e. The van der Waals surface area contributed by atoms with Crippen molar-refractivity contribution in [2.45, 2.75) is 43.0 Å². The Labute approximate surface area is 190 Å². The van der Waals surface area contributed by atoms with Gasteiger partial charge >= 0.3 is 12.6 Å². The molecular formula is C21H20ClF2N3O4S. The van der Waals surface area contributed by atoms with E-state index in [1.165, 1.54) is 16.3 Å². The number of aliphatic carboxylic acids is 1. The highest BCUT2D eigenvalue weighted by atomic mass is 35.5. The fourth-order valence-electron chi connectivity index (χ4n) is 4.05. The molecule has 2 aromatic heterocycles. The van der Waals surface area contributed by atoms with Gasteiger partial charge in [-0.25, -0.2) is 4.98 Å². The number of pyridine rings is 2. The van der Waals surface area contributed by atoms with Crippen molar-refractivity contribution in [2.75, 3.05) is 18.2 Å². The number of aromatic nitrogens is 2. The Morgan fingerprint density at radius 3 is 2.66 bits per heavy atom. The molecule has 4 rings (SSSR count). The monoisotopic (exact) mass is 483 g/mol. The molecule has 0 aliphatic heterocycles. The van der Waals surface area contributed by atoms with Crippen LogP contribution in [0.5, 0.6) is 0 Å². The maximum Gasteiger partial charge on any atom is 0.345 e. The number of halogens is 3. The highest BCUT2D eigenvalue weighted by Gasteiger charge is 2.35. The molecule has 2 heterocycles. The number of alkyl halides is 2. The summed E-state index contributed by atoms with van der Waals surface area (Å²) in [4.78, 5) is 31.9. The summed E-state index contributed by atoms with van der Waals surface area (Å²) in [5.74, 6) is -0.585. The van der Waals surface area contributed by atoms with Crippen molar-refractivity contribution in [2.24, 2.45) is 0 Å². The Kier molecular flexibility index (Phi) is 6.28. The second kappa shape index (κ2) is 8.84. The number of carboxylic acid groups (broad SMARTS) is 1. The van der Waals surface area contributed by atoms with Crippen molar-refractivity contribution >= 4 is 57.1 Å². The summed E-state index contributed by atoms with van der Waals surface area (Å²) in [7, 11) is 1.78. The summed E-state index contributed by atoms with van der Waals surface area (Å²) in [6.45, 7) is -3.21. The van der Waals surface area contributed by atoms with Gasteiger partial charge in [0.15, 0.2) is 5.43 Å².